The second kappa shape index (κ2) is 2.76. The standard InChI is InChI=1S/C9H17NO/c1-9(4-5-11-7-9)10-6-8-2-3-8/h8,10H,2-7H2,1H3. The molecule has 2 fully saturated rings. The summed E-state index contributed by atoms with van der Waals surface area (Å²) in [4.78, 5) is 0. The molecule has 2 nitrogen and oxygen atoms in total. The van der Waals surface area contributed by atoms with Crippen molar-refractivity contribution in [2.75, 3.05) is 19.8 Å². The lowest BCUT2D eigenvalue weighted by atomic mass is 10.0. The van der Waals surface area contributed by atoms with Gasteiger partial charge in [-0.2, -0.15) is 0 Å². The predicted octanol–water partition coefficient (Wildman–Crippen LogP) is 1.17. The van der Waals surface area contributed by atoms with Crippen LogP contribution in [0.3, 0.4) is 0 Å². The van der Waals surface area contributed by atoms with Gasteiger partial charge in [0, 0.05) is 12.1 Å². The lowest BCUT2D eigenvalue weighted by Crippen LogP contribution is -2.43. The fraction of sp³-hybridized carbons (Fsp3) is 1.00. The number of rotatable bonds is 3. The molecule has 0 radical (unpaired) electrons. The summed E-state index contributed by atoms with van der Waals surface area (Å²) in [5.74, 6) is 0.979. The number of nitrogens with one attached hydrogen (secondary N) is 1. The maximum Gasteiger partial charge on any atom is 0.0646 e. The van der Waals surface area contributed by atoms with E-state index in [1.807, 2.05) is 0 Å². The fourth-order valence-electron chi connectivity index (χ4n) is 1.52. The fourth-order valence-corrected chi connectivity index (χ4v) is 1.52. The van der Waals surface area contributed by atoms with E-state index in [-0.39, 0.29) is 0 Å². The highest BCUT2D eigenvalue weighted by Crippen LogP contribution is 2.29. The molecule has 1 atom stereocenters. The van der Waals surface area contributed by atoms with Gasteiger partial charge in [-0.05, 0) is 38.6 Å². The molecule has 0 spiro atoms. The molecule has 1 saturated heterocycles. The van der Waals surface area contributed by atoms with Crippen LogP contribution in [0.1, 0.15) is 26.2 Å². The molecule has 0 bridgehead atoms. The van der Waals surface area contributed by atoms with Gasteiger partial charge >= 0.3 is 0 Å². The monoisotopic (exact) mass is 155 g/mol. The van der Waals surface area contributed by atoms with Crippen LogP contribution in [0.4, 0.5) is 0 Å². The molecule has 1 N–H and O–H groups in total. The van der Waals surface area contributed by atoms with Crippen molar-refractivity contribution >= 4 is 0 Å². The Bertz CT molecular complexity index is 136. The molecule has 1 unspecified atom stereocenters. The molecule has 64 valence electrons. The Kier molecular flexibility index (Phi) is 1.90. The predicted molar refractivity (Wildman–Crippen MR) is 44.6 cm³/mol. The highest BCUT2D eigenvalue weighted by Gasteiger charge is 2.31. The van der Waals surface area contributed by atoms with E-state index in [1.165, 1.54) is 25.8 Å². The third-order valence-corrected chi connectivity index (χ3v) is 2.73. The lowest BCUT2D eigenvalue weighted by Gasteiger charge is -2.23. The van der Waals surface area contributed by atoms with Crippen LogP contribution in [0.15, 0.2) is 0 Å². The number of ether oxygens (including phenoxy) is 1. The molecule has 1 aliphatic carbocycles. The third-order valence-electron chi connectivity index (χ3n) is 2.73. The van der Waals surface area contributed by atoms with Crippen molar-refractivity contribution in [1.29, 1.82) is 0 Å². The summed E-state index contributed by atoms with van der Waals surface area (Å²) in [5, 5.41) is 3.59. The zero-order valence-corrected chi connectivity index (χ0v) is 7.23. The Morgan fingerprint density at radius 2 is 2.36 bits per heavy atom. The molecular formula is C9H17NO. The van der Waals surface area contributed by atoms with Gasteiger partial charge in [0.2, 0.25) is 0 Å². The molecule has 1 heterocycles. The molecule has 0 aromatic rings. The molecule has 0 aromatic heterocycles. The first-order valence-corrected chi connectivity index (χ1v) is 4.61. The first-order valence-electron chi connectivity index (χ1n) is 4.61. The molecule has 1 aliphatic heterocycles. The largest absolute Gasteiger partial charge is 0.379 e. The van der Waals surface area contributed by atoms with Crippen LogP contribution in [-0.4, -0.2) is 25.3 Å². The van der Waals surface area contributed by atoms with E-state index in [9.17, 15) is 0 Å². The van der Waals surface area contributed by atoms with Crippen LogP contribution < -0.4 is 5.32 Å². The van der Waals surface area contributed by atoms with Gasteiger partial charge in [-0.15, -0.1) is 0 Å². The van der Waals surface area contributed by atoms with E-state index in [0.29, 0.717) is 5.54 Å². The van der Waals surface area contributed by atoms with Crippen molar-refractivity contribution in [2.45, 2.75) is 31.7 Å². The van der Waals surface area contributed by atoms with Gasteiger partial charge in [-0.1, -0.05) is 0 Å². The summed E-state index contributed by atoms with van der Waals surface area (Å²) in [6, 6.07) is 0. The van der Waals surface area contributed by atoms with Gasteiger partial charge < -0.3 is 10.1 Å². The zero-order chi connectivity index (χ0) is 7.73. The Labute approximate surface area is 68.3 Å². The number of hydrogen-bond donors (Lipinski definition) is 1. The Morgan fingerprint density at radius 1 is 1.55 bits per heavy atom. The quantitative estimate of drug-likeness (QED) is 0.660. The minimum Gasteiger partial charge on any atom is -0.379 e. The van der Waals surface area contributed by atoms with Crippen molar-refractivity contribution in [2.24, 2.45) is 5.92 Å². The van der Waals surface area contributed by atoms with Crippen LogP contribution in [0.25, 0.3) is 0 Å². The van der Waals surface area contributed by atoms with E-state index in [1.54, 1.807) is 0 Å². The number of hydrogen-bond acceptors (Lipinski definition) is 2. The maximum absolute atomic E-state index is 5.35. The van der Waals surface area contributed by atoms with Crippen LogP contribution >= 0.6 is 0 Å². The van der Waals surface area contributed by atoms with Crippen molar-refractivity contribution in [3.63, 3.8) is 0 Å². The molecule has 2 heteroatoms. The van der Waals surface area contributed by atoms with E-state index in [4.69, 9.17) is 4.74 Å². The minimum absolute atomic E-state index is 0.294. The lowest BCUT2D eigenvalue weighted by molar-refractivity contribution is 0.171. The van der Waals surface area contributed by atoms with Gasteiger partial charge in [-0.25, -0.2) is 0 Å². The molecule has 0 aromatic carbocycles. The maximum atomic E-state index is 5.35. The van der Waals surface area contributed by atoms with Crippen LogP contribution in [0.2, 0.25) is 0 Å². The molecule has 2 rings (SSSR count). The minimum atomic E-state index is 0.294. The van der Waals surface area contributed by atoms with Crippen LogP contribution in [0, 0.1) is 5.92 Å². The molecular weight excluding hydrogens is 138 g/mol. The molecule has 0 amide bonds. The van der Waals surface area contributed by atoms with Gasteiger partial charge in [-0.3, -0.25) is 0 Å². The third kappa shape index (κ3) is 1.94. The van der Waals surface area contributed by atoms with E-state index in [2.05, 4.69) is 12.2 Å². The summed E-state index contributed by atoms with van der Waals surface area (Å²) in [5.41, 5.74) is 0.294. The SMILES string of the molecule is CC1(NCC2CC2)CCOC1. The van der Waals surface area contributed by atoms with E-state index >= 15 is 0 Å². The zero-order valence-electron chi connectivity index (χ0n) is 7.23. The van der Waals surface area contributed by atoms with Crippen molar-refractivity contribution in [1.82, 2.24) is 5.32 Å². The topological polar surface area (TPSA) is 21.3 Å². The molecule has 1 saturated carbocycles. The summed E-state index contributed by atoms with van der Waals surface area (Å²) < 4.78 is 5.35. The average molecular weight is 155 g/mol. The first kappa shape index (κ1) is 7.56. The molecule has 11 heavy (non-hydrogen) atoms. The molecule has 2 aliphatic rings. The van der Waals surface area contributed by atoms with Crippen molar-refractivity contribution < 1.29 is 4.74 Å². The summed E-state index contributed by atoms with van der Waals surface area (Å²) >= 11 is 0. The second-order valence-corrected chi connectivity index (χ2v) is 4.19. The van der Waals surface area contributed by atoms with Crippen molar-refractivity contribution in [3.05, 3.63) is 0 Å². The highest BCUT2D eigenvalue weighted by molar-refractivity contribution is 4.89. The normalized spacial score (nSPS) is 37.9. The second-order valence-electron chi connectivity index (χ2n) is 4.19. The van der Waals surface area contributed by atoms with E-state index in [0.717, 1.165) is 19.1 Å². The van der Waals surface area contributed by atoms with Gasteiger partial charge in [0.15, 0.2) is 0 Å². The Morgan fingerprint density at radius 3 is 2.91 bits per heavy atom. The van der Waals surface area contributed by atoms with Crippen LogP contribution in [-0.2, 0) is 4.74 Å². The average Bonchev–Trinajstić information content (AvgIpc) is 2.73. The summed E-state index contributed by atoms with van der Waals surface area (Å²) in [7, 11) is 0. The first-order chi connectivity index (χ1) is 5.29. The van der Waals surface area contributed by atoms with Gasteiger partial charge in [0.05, 0.1) is 6.61 Å². The summed E-state index contributed by atoms with van der Waals surface area (Å²) in [6.45, 7) is 5.32. The van der Waals surface area contributed by atoms with E-state index < -0.39 is 0 Å². The smallest absolute Gasteiger partial charge is 0.0646 e. The summed E-state index contributed by atoms with van der Waals surface area (Å²) in [6.07, 6.45) is 4.05. The van der Waals surface area contributed by atoms with Gasteiger partial charge in [0.1, 0.15) is 0 Å². The van der Waals surface area contributed by atoms with Gasteiger partial charge in [0.25, 0.3) is 0 Å². The highest BCUT2D eigenvalue weighted by atomic mass is 16.5. The van der Waals surface area contributed by atoms with Crippen molar-refractivity contribution in [3.8, 4) is 0 Å². The van der Waals surface area contributed by atoms with Crippen LogP contribution in [0.5, 0.6) is 0 Å². The Hall–Kier alpha value is -0.0800. The Balaban J connectivity index is 1.73.